The summed E-state index contributed by atoms with van der Waals surface area (Å²) in [7, 11) is 1.13. The van der Waals surface area contributed by atoms with E-state index in [9.17, 15) is 4.21 Å². The van der Waals surface area contributed by atoms with Gasteiger partial charge in [0.1, 0.15) is 0 Å². The van der Waals surface area contributed by atoms with E-state index in [2.05, 4.69) is 56.7 Å². The summed E-state index contributed by atoms with van der Waals surface area (Å²) in [5.41, 5.74) is 1.29. The number of para-hydroxylation sites is 1. The van der Waals surface area contributed by atoms with E-state index in [-0.39, 0.29) is 24.0 Å². The maximum absolute atomic E-state index is 12.1. The second kappa shape index (κ2) is 11.8. The number of aromatic nitrogens is 1. The number of halogens is 1. The van der Waals surface area contributed by atoms with Gasteiger partial charge in [-0.2, -0.15) is 0 Å². The van der Waals surface area contributed by atoms with E-state index in [4.69, 9.17) is 0 Å². The van der Waals surface area contributed by atoms with Crippen molar-refractivity contribution in [1.29, 1.82) is 0 Å². The summed E-state index contributed by atoms with van der Waals surface area (Å²) >= 11 is 0. The molecule has 3 rings (SSSR count). The van der Waals surface area contributed by atoms with Crippen LogP contribution in [0, 0.1) is 0 Å². The topological polar surface area (TPSA) is 58.4 Å². The Morgan fingerprint density at radius 3 is 2.89 bits per heavy atom. The molecule has 1 heterocycles. The number of hydrogen-bond acceptors (Lipinski definition) is 2. The van der Waals surface area contributed by atoms with E-state index in [1.807, 2.05) is 14.0 Å². The van der Waals surface area contributed by atoms with Crippen molar-refractivity contribution in [2.24, 2.45) is 4.99 Å². The van der Waals surface area contributed by atoms with Crippen molar-refractivity contribution >= 4 is 51.6 Å². The van der Waals surface area contributed by atoms with Crippen LogP contribution in [0.3, 0.4) is 0 Å². The summed E-state index contributed by atoms with van der Waals surface area (Å²) in [5, 5.41) is 8.60. The van der Waals surface area contributed by atoms with Gasteiger partial charge in [0, 0.05) is 59.7 Å². The van der Waals surface area contributed by atoms with Crippen molar-refractivity contribution in [2.75, 3.05) is 19.3 Å². The fourth-order valence-corrected chi connectivity index (χ4v) is 5.28. The van der Waals surface area contributed by atoms with Crippen LogP contribution in [0.2, 0.25) is 0 Å². The summed E-state index contributed by atoms with van der Waals surface area (Å²) < 4.78 is 14.4. The molecule has 156 valence electrons. The van der Waals surface area contributed by atoms with Crippen molar-refractivity contribution in [3.8, 4) is 0 Å². The molecule has 1 fully saturated rings. The molecule has 1 saturated carbocycles. The van der Waals surface area contributed by atoms with Gasteiger partial charge in [0.05, 0.1) is 0 Å². The van der Waals surface area contributed by atoms with Gasteiger partial charge in [-0.25, -0.2) is 0 Å². The fraction of sp³-hybridized carbons (Fsp3) is 0.571. The van der Waals surface area contributed by atoms with Crippen LogP contribution in [0.1, 0.15) is 39.0 Å². The third kappa shape index (κ3) is 6.20. The van der Waals surface area contributed by atoms with Gasteiger partial charge >= 0.3 is 0 Å². The second-order valence-electron chi connectivity index (χ2n) is 7.22. The number of fused-ring (bicyclic) bond motifs is 1. The van der Waals surface area contributed by atoms with Gasteiger partial charge in [-0.15, -0.1) is 24.0 Å². The maximum atomic E-state index is 12.1. The van der Waals surface area contributed by atoms with Crippen LogP contribution >= 0.6 is 24.0 Å². The zero-order valence-electron chi connectivity index (χ0n) is 16.9. The Morgan fingerprint density at radius 2 is 2.11 bits per heavy atom. The van der Waals surface area contributed by atoms with Crippen molar-refractivity contribution < 1.29 is 4.21 Å². The Balaban J connectivity index is 0.00000280. The molecule has 0 radical (unpaired) electrons. The molecular weight excluding hydrogens is 483 g/mol. The molecule has 0 bridgehead atoms. The van der Waals surface area contributed by atoms with Crippen molar-refractivity contribution in [2.45, 2.75) is 56.9 Å². The third-order valence-electron chi connectivity index (χ3n) is 5.40. The van der Waals surface area contributed by atoms with E-state index in [0.29, 0.717) is 11.3 Å². The van der Waals surface area contributed by atoms with Crippen molar-refractivity contribution in [3.63, 3.8) is 0 Å². The number of rotatable bonds is 7. The lowest BCUT2D eigenvalue weighted by Crippen LogP contribution is -2.46. The quantitative estimate of drug-likeness (QED) is 0.254. The molecule has 1 aromatic carbocycles. The van der Waals surface area contributed by atoms with Crippen LogP contribution in [-0.4, -0.2) is 45.4 Å². The van der Waals surface area contributed by atoms with Crippen LogP contribution in [0.4, 0.5) is 0 Å². The van der Waals surface area contributed by atoms with Crippen LogP contribution in [-0.2, 0) is 17.3 Å². The Bertz CT molecular complexity index is 792. The van der Waals surface area contributed by atoms with Gasteiger partial charge in [-0.1, -0.05) is 31.5 Å². The van der Waals surface area contributed by atoms with Crippen LogP contribution in [0.15, 0.2) is 41.5 Å². The lowest BCUT2D eigenvalue weighted by molar-refractivity contribution is 0.413. The zero-order valence-corrected chi connectivity index (χ0v) is 20.0. The molecule has 3 atom stereocenters. The number of guanidine groups is 1. The van der Waals surface area contributed by atoms with Crippen molar-refractivity contribution in [1.82, 2.24) is 15.2 Å². The molecule has 0 saturated heterocycles. The number of benzene rings is 1. The van der Waals surface area contributed by atoms with E-state index < -0.39 is 10.8 Å². The molecule has 1 aromatic heterocycles. The molecule has 3 unspecified atom stereocenters. The highest BCUT2D eigenvalue weighted by Gasteiger charge is 2.25. The Kier molecular flexibility index (Phi) is 9.77. The number of nitrogens with one attached hydrogen (secondary N) is 2. The first kappa shape index (κ1) is 23.2. The molecule has 0 amide bonds. The highest BCUT2D eigenvalue weighted by molar-refractivity contribution is 14.0. The molecule has 0 spiro atoms. The number of nitrogens with zero attached hydrogens (tertiary/aromatic N) is 2. The first-order valence-electron chi connectivity index (χ1n) is 10.1. The van der Waals surface area contributed by atoms with E-state index >= 15 is 0 Å². The molecule has 1 aliphatic rings. The average molecular weight is 516 g/mol. The van der Waals surface area contributed by atoms with E-state index in [0.717, 1.165) is 56.9 Å². The van der Waals surface area contributed by atoms with Crippen LogP contribution in [0.5, 0.6) is 0 Å². The highest BCUT2D eigenvalue weighted by Crippen LogP contribution is 2.23. The minimum Gasteiger partial charge on any atom is -0.356 e. The Labute approximate surface area is 188 Å². The molecule has 2 N–H and O–H groups in total. The third-order valence-corrected chi connectivity index (χ3v) is 7.14. The number of hydrogen-bond donors (Lipinski definition) is 2. The molecule has 0 aliphatic heterocycles. The zero-order chi connectivity index (χ0) is 19.1. The SMILES string of the molecule is CCS(=O)C1CCCC(NC(=NC)NCCCn2ccc3ccccc32)C1.I. The summed E-state index contributed by atoms with van der Waals surface area (Å²) in [6.07, 6.45) is 7.55. The number of aryl methyl sites for hydroxylation is 1. The minimum atomic E-state index is -0.690. The lowest BCUT2D eigenvalue weighted by atomic mass is 9.95. The highest BCUT2D eigenvalue weighted by atomic mass is 127. The number of aliphatic imine (C=N–C) groups is 1. The normalized spacial score (nSPS) is 21.1. The first-order valence-corrected chi connectivity index (χ1v) is 11.5. The average Bonchev–Trinajstić information content (AvgIpc) is 3.13. The van der Waals surface area contributed by atoms with Gasteiger partial charge in [0.25, 0.3) is 0 Å². The fourth-order valence-electron chi connectivity index (χ4n) is 3.93. The molecule has 2 aromatic rings. The molecule has 5 nitrogen and oxygen atoms in total. The summed E-state index contributed by atoms with van der Waals surface area (Å²) in [6, 6.07) is 11.0. The molecule has 1 aliphatic carbocycles. The van der Waals surface area contributed by atoms with Crippen LogP contribution < -0.4 is 10.6 Å². The molecule has 7 heteroatoms. The van der Waals surface area contributed by atoms with Crippen LogP contribution in [0.25, 0.3) is 10.9 Å². The predicted octanol–water partition coefficient (Wildman–Crippen LogP) is 3.89. The minimum absolute atomic E-state index is 0. The van der Waals surface area contributed by atoms with Crippen molar-refractivity contribution in [3.05, 3.63) is 36.5 Å². The molecular formula is C21H33IN4OS. The standard InChI is InChI=1S/C21H32N4OS.HI/c1-3-27(26)19-10-6-9-18(16-19)24-21(22-2)23-13-7-14-25-15-12-17-8-4-5-11-20(17)25;/h4-5,8,11-12,15,18-19H,3,6-7,9-10,13-14,16H2,1-2H3,(H2,22,23,24);1H. The summed E-state index contributed by atoms with van der Waals surface area (Å²) in [6.45, 7) is 3.88. The summed E-state index contributed by atoms with van der Waals surface area (Å²) in [4.78, 5) is 4.37. The molecule has 28 heavy (non-hydrogen) atoms. The Morgan fingerprint density at radius 1 is 1.29 bits per heavy atom. The monoisotopic (exact) mass is 516 g/mol. The van der Waals surface area contributed by atoms with Gasteiger partial charge < -0.3 is 15.2 Å². The smallest absolute Gasteiger partial charge is 0.191 e. The van der Waals surface area contributed by atoms with Gasteiger partial charge in [-0.05, 0) is 43.2 Å². The van der Waals surface area contributed by atoms with Gasteiger partial charge in [-0.3, -0.25) is 9.20 Å². The lowest BCUT2D eigenvalue weighted by Gasteiger charge is -2.30. The largest absolute Gasteiger partial charge is 0.356 e. The predicted molar refractivity (Wildman–Crippen MR) is 131 cm³/mol. The Hall–Kier alpha value is -1.09. The van der Waals surface area contributed by atoms with Gasteiger partial charge in [0.15, 0.2) is 5.96 Å². The summed E-state index contributed by atoms with van der Waals surface area (Å²) in [5.74, 6) is 1.62. The van der Waals surface area contributed by atoms with Gasteiger partial charge in [0.2, 0.25) is 0 Å². The van der Waals surface area contributed by atoms with E-state index in [1.165, 1.54) is 10.9 Å². The first-order chi connectivity index (χ1) is 13.2. The second-order valence-corrected chi connectivity index (χ2v) is 9.23. The maximum Gasteiger partial charge on any atom is 0.191 e. The van der Waals surface area contributed by atoms with E-state index in [1.54, 1.807) is 0 Å².